The van der Waals surface area contributed by atoms with Crippen LogP contribution in [0.2, 0.25) is 0 Å². The fraction of sp³-hybridized carbons (Fsp3) is 0.583. The number of rotatable bonds is 5. The van der Waals surface area contributed by atoms with Crippen LogP contribution in [0.4, 0.5) is 0 Å². The van der Waals surface area contributed by atoms with E-state index in [1.807, 2.05) is 6.07 Å². The number of carbonyl (C=O) groups is 1. The Morgan fingerprint density at radius 2 is 2.12 bits per heavy atom. The third-order valence-electron chi connectivity index (χ3n) is 2.11. The highest BCUT2D eigenvalue weighted by atomic mass is 32.1. The standard InChI is InChI=1S/C12H18O3S/c1-12(2,3)6-7-15-8-9-4-5-10(16-9)11(13)14/h4-5H,6-8H2,1-3H3,(H,13,14). The predicted molar refractivity (Wildman–Crippen MR) is 65.0 cm³/mol. The molecule has 1 heterocycles. The molecule has 0 atom stereocenters. The molecule has 1 aromatic heterocycles. The second-order valence-corrected chi connectivity index (χ2v) is 6.10. The van der Waals surface area contributed by atoms with E-state index in [2.05, 4.69) is 20.8 Å². The van der Waals surface area contributed by atoms with Crippen LogP contribution in [0.3, 0.4) is 0 Å². The summed E-state index contributed by atoms with van der Waals surface area (Å²) >= 11 is 1.27. The highest BCUT2D eigenvalue weighted by Gasteiger charge is 2.10. The van der Waals surface area contributed by atoms with Crippen LogP contribution in [0.1, 0.15) is 41.7 Å². The van der Waals surface area contributed by atoms with Crippen molar-refractivity contribution in [1.82, 2.24) is 0 Å². The Bertz CT molecular complexity index is 349. The molecule has 3 nitrogen and oxygen atoms in total. The Balaban J connectivity index is 2.30. The lowest BCUT2D eigenvalue weighted by Crippen LogP contribution is -2.09. The smallest absolute Gasteiger partial charge is 0.345 e. The van der Waals surface area contributed by atoms with Gasteiger partial charge in [0.1, 0.15) is 4.88 Å². The maximum absolute atomic E-state index is 10.6. The van der Waals surface area contributed by atoms with E-state index in [1.54, 1.807) is 6.07 Å². The van der Waals surface area contributed by atoms with Gasteiger partial charge in [0.15, 0.2) is 0 Å². The first-order chi connectivity index (χ1) is 7.38. The monoisotopic (exact) mass is 242 g/mol. The summed E-state index contributed by atoms with van der Waals surface area (Å²) in [6.45, 7) is 7.73. The van der Waals surface area contributed by atoms with Gasteiger partial charge in [-0.1, -0.05) is 20.8 Å². The Hall–Kier alpha value is -0.870. The highest BCUT2D eigenvalue weighted by Crippen LogP contribution is 2.20. The lowest BCUT2D eigenvalue weighted by atomic mass is 9.93. The molecule has 0 saturated carbocycles. The van der Waals surface area contributed by atoms with Gasteiger partial charge in [0.25, 0.3) is 0 Å². The zero-order chi connectivity index (χ0) is 12.2. The van der Waals surface area contributed by atoms with Crippen LogP contribution in [-0.2, 0) is 11.3 Å². The summed E-state index contributed by atoms with van der Waals surface area (Å²) in [5.41, 5.74) is 0.279. The van der Waals surface area contributed by atoms with Crippen LogP contribution in [0.25, 0.3) is 0 Å². The lowest BCUT2D eigenvalue weighted by molar-refractivity contribution is 0.0702. The number of thiophene rings is 1. The third kappa shape index (κ3) is 4.77. The van der Waals surface area contributed by atoms with Crippen LogP contribution in [0.5, 0.6) is 0 Å². The third-order valence-corrected chi connectivity index (χ3v) is 3.16. The molecule has 90 valence electrons. The van der Waals surface area contributed by atoms with Gasteiger partial charge >= 0.3 is 5.97 Å². The summed E-state index contributed by atoms with van der Waals surface area (Å²) in [6.07, 6.45) is 1.00. The SMILES string of the molecule is CC(C)(C)CCOCc1ccc(C(=O)O)s1. The van der Waals surface area contributed by atoms with Gasteiger partial charge in [-0.25, -0.2) is 4.79 Å². The molecular formula is C12H18O3S. The van der Waals surface area contributed by atoms with Gasteiger partial charge in [0.2, 0.25) is 0 Å². The summed E-state index contributed by atoms with van der Waals surface area (Å²) in [7, 11) is 0. The second-order valence-electron chi connectivity index (χ2n) is 4.93. The summed E-state index contributed by atoms with van der Waals surface area (Å²) in [5, 5.41) is 8.75. The Morgan fingerprint density at radius 3 is 2.62 bits per heavy atom. The van der Waals surface area contributed by atoms with E-state index in [-0.39, 0.29) is 5.41 Å². The van der Waals surface area contributed by atoms with Crippen molar-refractivity contribution in [3.05, 3.63) is 21.9 Å². The molecule has 0 bridgehead atoms. The average molecular weight is 242 g/mol. The van der Waals surface area contributed by atoms with E-state index in [4.69, 9.17) is 9.84 Å². The maximum Gasteiger partial charge on any atom is 0.345 e. The lowest BCUT2D eigenvalue weighted by Gasteiger charge is -2.17. The minimum Gasteiger partial charge on any atom is -0.477 e. The van der Waals surface area contributed by atoms with Crippen LogP contribution < -0.4 is 0 Å². The molecule has 0 spiro atoms. The first kappa shape index (κ1) is 13.2. The molecule has 4 heteroatoms. The van der Waals surface area contributed by atoms with Crippen molar-refractivity contribution >= 4 is 17.3 Å². The van der Waals surface area contributed by atoms with Crippen LogP contribution in [-0.4, -0.2) is 17.7 Å². The molecule has 0 fully saturated rings. The van der Waals surface area contributed by atoms with Crippen molar-refractivity contribution in [3.63, 3.8) is 0 Å². The highest BCUT2D eigenvalue weighted by molar-refractivity contribution is 7.13. The molecular weight excluding hydrogens is 224 g/mol. The number of ether oxygens (including phenoxy) is 1. The minimum atomic E-state index is -0.869. The largest absolute Gasteiger partial charge is 0.477 e. The zero-order valence-electron chi connectivity index (χ0n) is 9.95. The fourth-order valence-corrected chi connectivity index (χ4v) is 1.91. The van der Waals surface area contributed by atoms with Gasteiger partial charge in [-0.3, -0.25) is 0 Å². The van der Waals surface area contributed by atoms with Crippen LogP contribution in [0.15, 0.2) is 12.1 Å². The second kappa shape index (κ2) is 5.46. The van der Waals surface area contributed by atoms with Gasteiger partial charge < -0.3 is 9.84 Å². The van der Waals surface area contributed by atoms with Crippen LogP contribution >= 0.6 is 11.3 Å². The fourth-order valence-electron chi connectivity index (χ4n) is 1.12. The summed E-state index contributed by atoms with van der Waals surface area (Å²) in [4.78, 5) is 12.0. The number of aromatic carboxylic acids is 1. The van der Waals surface area contributed by atoms with Gasteiger partial charge in [-0.05, 0) is 24.0 Å². The van der Waals surface area contributed by atoms with E-state index >= 15 is 0 Å². The first-order valence-electron chi connectivity index (χ1n) is 5.28. The minimum absolute atomic E-state index is 0.279. The van der Waals surface area contributed by atoms with Crippen molar-refractivity contribution in [1.29, 1.82) is 0 Å². The molecule has 0 aliphatic carbocycles. The summed E-state index contributed by atoms with van der Waals surface area (Å²) < 4.78 is 5.51. The maximum atomic E-state index is 10.6. The molecule has 0 amide bonds. The summed E-state index contributed by atoms with van der Waals surface area (Å²) in [5.74, 6) is -0.869. The zero-order valence-corrected chi connectivity index (χ0v) is 10.8. The molecule has 1 N–H and O–H groups in total. The van der Waals surface area contributed by atoms with E-state index in [0.29, 0.717) is 18.1 Å². The topological polar surface area (TPSA) is 46.5 Å². The van der Waals surface area contributed by atoms with Crippen molar-refractivity contribution in [2.45, 2.75) is 33.8 Å². The van der Waals surface area contributed by atoms with Crippen molar-refractivity contribution < 1.29 is 14.6 Å². The van der Waals surface area contributed by atoms with Crippen molar-refractivity contribution in [3.8, 4) is 0 Å². The molecule has 16 heavy (non-hydrogen) atoms. The first-order valence-corrected chi connectivity index (χ1v) is 6.10. The summed E-state index contributed by atoms with van der Waals surface area (Å²) in [6, 6.07) is 3.43. The van der Waals surface area contributed by atoms with E-state index in [9.17, 15) is 4.79 Å². The number of hydrogen-bond donors (Lipinski definition) is 1. The van der Waals surface area contributed by atoms with Gasteiger partial charge in [0.05, 0.1) is 6.61 Å². The normalized spacial score (nSPS) is 11.7. The van der Waals surface area contributed by atoms with Crippen molar-refractivity contribution in [2.24, 2.45) is 5.41 Å². The predicted octanol–water partition coefficient (Wildman–Crippen LogP) is 3.40. The molecule has 0 aliphatic rings. The molecule has 1 rings (SSSR count). The Morgan fingerprint density at radius 1 is 1.44 bits per heavy atom. The molecule has 0 radical (unpaired) electrons. The van der Waals surface area contributed by atoms with E-state index in [1.165, 1.54) is 11.3 Å². The van der Waals surface area contributed by atoms with Gasteiger partial charge in [-0.15, -0.1) is 11.3 Å². The Kier molecular flexibility index (Phi) is 4.50. The molecule has 0 aliphatic heterocycles. The number of hydrogen-bond acceptors (Lipinski definition) is 3. The van der Waals surface area contributed by atoms with Crippen molar-refractivity contribution in [2.75, 3.05) is 6.61 Å². The quantitative estimate of drug-likeness (QED) is 0.805. The molecule has 0 saturated heterocycles. The molecule has 1 aromatic rings. The number of carboxylic acids is 1. The molecule has 0 aromatic carbocycles. The number of carboxylic acid groups (broad SMARTS) is 1. The van der Waals surface area contributed by atoms with Gasteiger partial charge in [-0.2, -0.15) is 0 Å². The Labute approximate surface area is 100 Å². The van der Waals surface area contributed by atoms with E-state index in [0.717, 1.165) is 11.3 Å². The van der Waals surface area contributed by atoms with E-state index < -0.39 is 5.97 Å². The average Bonchev–Trinajstić information content (AvgIpc) is 2.59. The van der Waals surface area contributed by atoms with Gasteiger partial charge in [0, 0.05) is 11.5 Å². The van der Waals surface area contributed by atoms with Crippen LogP contribution in [0, 0.1) is 5.41 Å². The molecule has 0 unspecified atom stereocenters.